The molecule has 0 amide bonds. The van der Waals surface area contributed by atoms with E-state index in [2.05, 4.69) is 11.7 Å². The molecule has 1 aromatic rings. The molecular formula is C13H16O4. The van der Waals surface area contributed by atoms with Gasteiger partial charge < -0.3 is 9.47 Å². The molecule has 0 bridgehead atoms. The van der Waals surface area contributed by atoms with Crippen LogP contribution in [0, 0.1) is 0 Å². The Morgan fingerprint density at radius 2 is 1.94 bits per heavy atom. The Hall–Kier alpha value is -1.84. The van der Waals surface area contributed by atoms with E-state index in [-0.39, 0.29) is 5.56 Å². The summed E-state index contributed by atoms with van der Waals surface area (Å²) in [6.07, 6.45) is 1.93. The van der Waals surface area contributed by atoms with Crippen LogP contribution in [-0.4, -0.2) is 18.5 Å². The molecule has 0 N–H and O–H groups in total. The van der Waals surface area contributed by atoms with Crippen LogP contribution in [0.15, 0.2) is 24.3 Å². The lowest BCUT2D eigenvalue weighted by atomic mass is 10.2. The summed E-state index contributed by atoms with van der Waals surface area (Å²) in [7, 11) is 0. The Morgan fingerprint density at radius 3 is 2.59 bits per heavy atom. The SMILES string of the molecule is CCCCOc1ccccc1C(=O)OC(C)=O. The first-order chi connectivity index (χ1) is 8.15. The highest BCUT2D eigenvalue weighted by atomic mass is 16.6. The van der Waals surface area contributed by atoms with E-state index in [1.54, 1.807) is 24.3 Å². The molecule has 1 aromatic carbocycles. The van der Waals surface area contributed by atoms with E-state index < -0.39 is 11.9 Å². The first-order valence-electron chi connectivity index (χ1n) is 5.59. The van der Waals surface area contributed by atoms with Gasteiger partial charge in [-0.25, -0.2) is 4.79 Å². The normalized spacial score (nSPS) is 9.76. The van der Waals surface area contributed by atoms with Crippen LogP contribution in [0.25, 0.3) is 0 Å². The number of carbonyl (C=O) groups is 2. The summed E-state index contributed by atoms with van der Waals surface area (Å²) in [5, 5.41) is 0. The number of ether oxygens (including phenoxy) is 2. The van der Waals surface area contributed by atoms with E-state index in [0.717, 1.165) is 12.8 Å². The van der Waals surface area contributed by atoms with Crippen LogP contribution in [-0.2, 0) is 9.53 Å². The van der Waals surface area contributed by atoms with Gasteiger partial charge in [0.25, 0.3) is 0 Å². The zero-order valence-electron chi connectivity index (χ0n) is 10.1. The number of benzene rings is 1. The van der Waals surface area contributed by atoms with Crippen molar-refractivity contribution in [3.8, 4) is 5.75 Å². The van der Waals surface area contributed by atoms with E-state index in [0.29, 0.717) is 12.4 Å². The largest absolute Gasteiger partial charge is 0.493 e. The van der Waals surface area contributed by atoms with Crippen molar-refractivity contribution < 1.29 is 19.1 Å². The van der Waals surface area contributed by atoms with Crippen LogP contribution < -0.4 is 4.74 Å². The summed E-state index contributed by atoms with van der Waals surface area (Å²) in [5.74, 6) is -0.852. The number of para-hydroxylation sites is 1. The van der Waals surface area contributed by atoms with E-state index >= 15 is 0 Å². The molecule has 0 spiro atoms. The predicted molar refractivity (Wildman–Crippen MR) is 62.9 cm³/mol. The van der Waals surface area contributed by atoms with Gasteiger partial charge in [0.2, 0.25) is 0 Å². The molecule has 0 aliphatic rings. The molecule has 0 unspecified atom stereocenters. The Labute approximate surface area is 101 Å². The van der Waals surface area contributed by atoms with Crippen LogP contribution in [0.4, 0.5) is 0 Å². The van der Waals surface area contributed by atoms with E-state index in [1.165, 1.54) is 6.92 Å². The Balaban J connectivity index is 2.76. The zero-order valence-corrected chi connectivity index (χ0v) is 10.1. The van der Waals surface area contributed by atoms with Gasteiger partial charge in [0, 0.05) is 6.92 Å². The van der Waals surface area contributed by atoms with Crippen molar-refractivity contribution in [3.05, 3.63) is 29.8 Å². The Kier molecular flexibility index (Phi) is 5.20. The molecule has 17 heavy (non-hydrogen) atoms. The maximum atomic E-state index is 11.6. The fourth-order valence-electron chi connectivity index (χ4n) is 1.27. The van der Waals surface area contributed by atoms with Gasteiger partial charge in [-0.05, 0) is 18.6 Å². The molecule has 0 aromatic heterocycles. The van der Waals surface area contributed by atoms with E-state index in [9.17, 15) is 9.59 Å². The minimum atomic E-state index is -0.676. The second-order valence-corrected chi connectivity index (χ2v) is 3.58. The molecule has 0 aliphatic heterocycles. The molecule has 4 nitrogen and oxygen atoms in total. The quantitative estimate of drug-likeness (QED) is 0.448. The van der Waals surface area contributed by atoms with Crippen molar-refractivity contribution >= 4 is 11.9 Å². The lowest BCUT2D eigenvalue weighted by molar-refractivity contribution is -0.135. The third-order valence-corrected chi connectivity index (χ3v) is 2.10. The van der Waals surface area contributed by atoms with Crippen molar-refractivity contribution in [1.29, 1.82) is 0 Å². The number of esters is 2. The molecule has 0 radical (unpaired) electrons. The van der Waals surface area contributed by atoms with Crippen LogP contribution in [0.5, 0.6) is 5.75 Å². The van der Waals surface area contributed by atoms with E-state index in [4.69, 9.17) is 4.74 Å². The molecule has 0 fully saturated rings. The minimum absolute atomic E-state index is 0.277. The second kappa shape index (κ2) is 6.68. The molecule has 0 heterocycles. The molecule has 0 saturated heterocycles. The number of rotatable bonds is 5. The summed E-state index contributed by atoms with van der Waals surface area (Å²) in [6.45, 7) is 3.79. The van der Waals surface area contributed by atoms with Crippen molar-refractivity contribution in [2.45, 2.75) is 26.7 Å². The van der Waals surface area contributed by atoms with Gasteiger partial charge in [-0.3, -0.25) is 4.79 Å². The number of hydrogen-bond donors (Lipinski definition) is 0. The summed E-state index contributed by atoms with van der Waals surface area (Å²) >= 11 is 0. The fraction of sp³-hybridized carbons (Fsp3) is 0.385. The van der Waals surface area contributed by atoms with Gasteiger partial charge in [-0.2, -0.15) is 0 Å². The predicted octanol–water partition coefficient (Wildman–Crippen LogP) is 2.57. The zero-order chi connectivity index (χ0) is 12.7. The van der Waals surface area contributed by atoms with Crippen LogP contribution in [0.1, 0.15) is 37.0 Å². The number of unbranched alkanes of at least 4 members (excludes halogenated alkanes) is 1. The van der Waals surface area contributed by atoms with Gasteiger partial charge in [-0.15, -0.1) is 0 Å². The summed E-state index contributed by atoms with van der Waals surface area (Å²) in [4.78, 5) is 22.3. The molecule has 1 rings (SSSR count). The summed E-state index contributed by atoms with van der Waals surface area (Å²) < 4.78 is 9.99. The summed E-state index contributed by atoms with van der Waals surface area (Å²) in [5.41, 5.74) is 0.277. The van der Waals surface area contributed by atoms with Gasteiger partial charge in [-0.1, -0.05) is 25.5 Å². The minimum Gasteiger partial charge on any atom is -0.493 e. The van der Waals surface area contributed by atoms with Crippen molar-refractivity contribution in [3.63, 3.8) is 0 Å². The first-order valence-corrected chi connectivity index (χ1v) is 5.59. The van der Waals surface area contributed by atoms with Gasteiger partial charge in [0.15, 0.2) is 0 Å². The van der Waals surface area contributed by atoms with Crippen LogP contribution in [0.3, 0.4) is 0 Å². The highest BCUT2D eigenvalue weighted by Gasteiger charge is 2.15. The molecule has 0 atom stereocenters. The molecule has 0 aliphatic carbocycles. The van der Waals surface area contributed by atoms with Crippen molar-refractivity contribution in [2.24, 2.45) is 0 Å². The number of hydrogen-bond acceptors (Lipinski definition) is 4. The topological polar surface area (TPSA) is 52.6 Å². The maximum Gasteiger partial charge on any atom is 0.349 e. The third-order valence-electron chi connectivity index (χ3n) is 2.10. The average Bonchev–Trinajstić information content (AvgIpc) is 2.29. The highest BCUT2D eigenvalue weighted by molar-refractivity contribution is 5.98. The average molecular weight is 236 g/mol. The van der Waals surface area contributed by atoms with Gasteiger partial charge in [0.05, 0.1) is 6.61 Å². The van der Waals surface area contributed by atoms with E-state index in [1.807, 2.05) is 0 Å². The second-order valence-electron chi connectivity index (χ2n) is 3.58. The van der Waals surface area contributed by atoms with Gasteiger partial charge in [0.1, 0.15) is 11.3 Å². The monoisotopic (exact) mass is 236 g/mol. The van der Waals surface area contributed by atoms with Crippen molar-refractivity contribution in [2.75, 3.05) is 6.61 Å². The smallest absolute Gasteiger partial charge is 0.349 e. The van der Waals surface area contributed by atoms with Crippen LogP contribution >= 0.6 is 0 Å². The van der Waals surface area contributed by atoms with Crippen LogP contribution in [0.2, 0.25) is 0 Å². The molecule has 0 saturated carbocycles. The van der Waals surface area contributed by atoms with Crippen molar-refractivity contribution in [1.82, 2.24) is 0 Å². The van der Waals surface area contributed by atoms with Gasteiger partial charge >= 0.3 is 11.9 Å². The lowest BCUT2D eigenvalue weighted by Crippen LogP contribution is -2.11. The first kappa shape index (κ1) is 13.2. The fourth-order valence-corrected chi connectivity index (χ4v) is 1.27. The molecule has 4 heteroatoms. The number of carbonyl (C=O) groups excluding carboxylic acids is 2. The highest BCUT2D eigenvalue weighted by Crippen LogP contribution is 2.19. The third kappa shape index (κ3) is 4.26. The molecule has 92 valence electrons. The Bertz CT molecular complexity index is 398. The lowest BCUT2D eigenvalue weighted by Gasteiger charge is -2.09. The summed E-state index contributed by atoms with van der Waals surface area (Å²) in [6, 6.07) is 6.73. The standard InChI is InChI=1S/C13H16O4/c1-3-4-9-16-12-8-6-5-7-11(12)13(15)17-10(2)14/h5-8H,3-4,9H2,1-2H3. The Morgan fingerprint density at radius 1 is 1.24 bits per heavy atom. The molecular weight excluding hydrogens is 220 g/mol. The maximum absolute atomic E-state index is 11.6.